The molecule has 3 nitrogen and oxygen atoms in total. The summed E-state index contributed by atoms with van der Waals surface area (Å²) in [4.78, 5) is 0. The number of benzene rings is 1. The summed E-state index contributed by atoms with van der Waals surface area (Å²) in [7, 11) is -3.21. The van der Waals surface area contributed by atoms with E-state index in [9.17, 15) is 8.42 Å². The second-order valence-corrected chi connectivity index (χ2v) is 6.35. The molecule has 0 heterocycles. The predicted octanol–water partition coefficient (Wildman–Crippen LogP) is 2.47. The molecule has 16 heavy (non-hydrogen) atoms. The van der Waals surface area contributed by atoms with Crippen molar-refractivity contribution in [3.8, 4) is 0 Å². The molecule has 0 aliphatic rings. The molecule has 0 saturated heterocycles. The number of rotatable bonds is 5. The number of nitrogens with one attached hydrogen (secondary N) is 1. The van der Waals surface area contributed by atoms with E-state index in [0.29, 0.717) is 0 Å². The average Bonchev–Trinajstić information content (AvgIpc) is 2.27. The number of hydrogen-bond acceptors (Lipinski definition) is 2. The van der Waals surface area contributed by atoms with Crippen molar-refractivity contribution in [3.05, 3.63) is 35.9 Å². The minimum atomic E-state index is -3.21. The first-order valence-corrected chi connectivity index (χ1v) is 7.08. The summed E-state index contributed by atoms with van der Waals surface area (Å²) in [5, 5.41) is -0.398. The maximum absolute atomic E-state index is 11.8. The molecule has 1 atom stereocenters. The van der Waals surface area contributed by atoms with E-state index >= 15 is 0 Å². The molecular formula is C12H19NO2S. The van der Waals surface area contributed by atoms with Crippen LogP contribution in [0.15, 0.2) is 30.3 Å². The summed E-state index contributed by atoms with van der Waals surface area (Å²) < 4.78 is 26.3. The van der Waals surface area contributed by atoms with Gasteiger partial charge >= 0.3 is 0 Å². The van der Waals surface area contributed by atoms with Crippen LogP contribution in [0.25, 0.3) is 0 Å². The standard InChI is InChI=1S/C12H19NO2S/c1-4-12(11-8-6-5-7-9-11)13-16(14,15)10(2)3/h5-10,12-13H,4H2,1-3H3. The van der Waals surface area contributed by atoms with Crippen LogP contribution in [0.1, 0.15) is 38.8 Å². The van der Waals surface area contributed by atoms with Crippen molar-refractivity contribution in [2.24, 2.45) is 0 Å². The number of hydrogen-bond donors (Lipinski definition) is 1. The van der Waals surface area contributed by atoms with Gasteiger partial charge in [-0.15, -0.1) is 0 Å². The molecule has 1 aromatic rings. The van der Waals surface area contributed by atoms with Crippen molar-refractivity contribution >= 4 is 10.0 Å². The van der Waals surface area contributed by atoms with Gasteiger partial charge in [-0.05, 0) is 25.8 Å². The summed E-state index contributed by atoms with van der Waals surface area (Å²) in [5.41, 5.74) is 1.01. The Morgan fingerprint density at radius 3 is 2.19 bits per heavy atom. The van der Waals surface area contributed by atoms with Crippen molar-refractivity contribution in [1.29, 1.82) is 0 Å². The molecule has 0 radical (unpaired) electrons. The van der Waals surface area contributed by atoms with Crippen LogP contribution in [-0.2, 0) is 10.0 Å². The van der Waals surface area contributed by atoms with Gasteiger partial charge in [-0.2, -0.15) is 0 Å². The average molecular weight is 241 g/mol. The van der Waals surface area contributed by atoms with Crippen molar-refractivity contribution in [3.63, 3.8) is 0 Å². The largest absolute Gasteiger partial charge is 0.214 e. The van der Waals surface area contributed by atoms with E-state index in [-0.39, 0.29) is 6.04 Å². The van der Waals surface area contributed by atoms with Crippen molar-refractivity contribution in [2.45, 2.75) is 38.5 Å². The molecule has 0 bridgehead atoms. The summed E-state index contributed by atoms with van der Waals surface area (Å²) in [6.07, 6.45) is 0.746. The lowest BCUT2D eigenvalue weighted by molar-refractivity contribution is 0.542. The second-order valence-electron chi connectivity index (χ2n) is 4.08. The van der Waals surface area contributed by atoms with E-state index in [1.807, 2.05) is 37.3 Å². The van der Waals surface area contributed by atoms with Crippen LogP contribution in [0.5, 0.6) is 0 Å². The molecule has 0 saturated carbocycles. The molecule has 90 valence electrons. The van der Waals surface area contributed by atoms with Gasteiger partial charge in [0.05, 0.1) is 5.25 Å². The summed E-state index contributed by atoms with van der Waals surface area (Å²) in [6, 6.07) is 9.51. The summed E-state index contributed by atoms with van der Waals surface area (Å²) in [5.74, 6) is 0. The first kappa shape index (κ1) is 13.2. The molecule has 0 aromatic heterocycles. The van der Waals surface area contributed by atoms with Gasteiger partial charge in [0, 0.05) is 6.04 Å². The maximum atomic E-state index is 11.8. The van der Waals surface area contributed by atoms with Crippen LogP contribution in [0.2, 0.25) is 0 Å². The Morgan fingerprint density at radius 2 is 1.75 bits per heavy atom. The van der Waals surface area contributed by atoms with E-state index in [4.69, 9.17) is 0 Å². The minimum Gasteiger partial charge on any atom is -0.212 e. The molecule has 1 N–H and O–H groups in total. The number of sulfonamides is 1. The van der Waals surface area contributed by atoms with E-state index in [0.717, 1.165) is 12.0 Å². The Kier molecular flexibility index (Phi) is 4.50. The fourth-order valence-electron chi connectivity index (χ4n) is 1.41. The predicted molar refractivity (Wildman–Crippen MR) is 66.7 cm³/mol. The summed E-state index contributed by atoms with van der Waals surface area (Å²) in [6.45, 7) is 5.33. The maximum Gasteiger partial charge on any atom is 0.214 e. The molecule has 0 amide bonds. The second kappa shape index (κ2) is 5.46. The van der Waals surface area contributed by atoms with Crippen LogP contribution in [-0.4, -0.2) is 13.7 Å². The van der Waals surface area contributed by atoms with Gasteiger partial charge in [0.2, 0.25) is 10.0 Å². The monoisotopic (exact) mass is 241 g/mol. The van der Waals surface area contributed by atoms with E-state index in [2.05, 4.69) is 4.72 Å². The van der Waals surface area contributed by atoms with E-state index in [1.165, 1.54) is 0 Å². The zero-order valence-electron chi connectivity index (χ0n) is 9.97. The van der Waals surface area contributed by atoms with Gasteiger partial charge < -0.3 is 0 Å². The Labute approximate surface area is 97.9 Å². The lowest BCUT2D eigenvalue weighted by Crippen LogP contribution is -2.33. The molecular weight excluding hydrogens is 222 g/mol. The van der Waals surface area contributed by atoms with Crippen LogP contribution in [0.4, 0.5) is 0 Å². The Morgan fingerprint density at radius 1 is 1.19 bits per heavy atom. The molecule has 0 aliphatic carbocycles. The van der Waals surface area contributed by atoms with Gasteiger partial charge in [0.15, 0.2) is 0 Å². The van der Waals surface area contributed by atoms with Crippen molar-refractivity contribution in [1.82, 2.24) is 4.72 Å². The SMILES string of the molecule is CCC(NS(=O)(=O)C(C)C)c1ccccc1. The first-order chi connectivity index (χ1) is 7.47. The highest BCUT2D eigenvalue weighted by Crippen LogP contribution is 2.17. The highest BCUT2D eigenvalue weighted by molar-refractivity contribution is 7.90. The van der Waals surface area contributed by atoms with E-state index < -0.39 is 15.3 Å². The Bertz CT molecular complexity index is 412. The van der Waals surface area contributed by atoms with Crippen molar-refractivity contribution in [2.75, 3.05) is 0 Å². The van der Waals surface area contributed by atoms with Crippen LogP contribution < -0.4 is 4.72 Å². The third kappa shape index (κ3) is 3.32. The third-order valence-corrected chi connectivity index (χ3v) is 4.39. The molecule has 0 fully saturated rings. The first-order valence-electron chi connectivity index (χ1n) is 5.53. The zero-order valence-corrected chi connectivity index (χ0v) is 10.8. The Hall–Kier alpha value is -0.870. The molecule has 1 aromatic carbocycles. The Balaban J connectivity index is 2.86. The van der Waals surface area contributed by atoms with Gasteiger partial charge in [0.1, 0.15) is 0 Å². The van der Waals surface area contributed by atoms with Crippen LogP contribution in [0, 0.1) is 0 Å². The molecule has 1 unspecified atom stereocenters. The molecule has 4 heteroatoms. The van der Waals surface area contributed by atoms with Gasteiger partial charge in [-0.3, -0.25) is 0 Å². The summed E-state index contributed by atoms with van der Waals surface area (Å²) >= 11 is 0. The molecule has 0 spiro atoms. The lowest BCUT2D eigenvalue weighted by Gasteiger charge is -2.19. The molecule has 1 rings (SSSR count). The quantitative estimate of drug-likeness (QED) is 0.860. The highest BCUT2D eigenvalue weighted by Gasteiger charge is 2.20. The minimum absolute atomic E-state index is 0.131. The fourth-order valence-corrected chi connectivity index (χ4v) is 2.38. The fraction of sp³-hybridized carbons (Fsp3) is 0.500. The smallest absolute Gasteiger partial charge is 0.212 e. The van der Waals surface area contributed by atoms with Gasteiger partial charge in [-0.1, -0.05) is 37.3 Å². The van der Waals surface area contributed by atoms with Crippen LogP contribution >= 0.6 is 0 Å². The van der Waals surface area contributed by atoms with Crippen molar-refractivity contribution < 1.29 is 8.42 Å². The van der Waals surface area contributed by atoms with Crippen LogP contribution in [0.3, 0.4) is 0 Å². The normalized spacial score (nSPS) is 14.0. The lowest BCUT2D eigenvalue weighted by atomic mass is 10.1. The topological polar surface area (TPSA) is 46.2 Å². The zero-order chi connectivity index (χ0) is 12.2. The molecule has 0 aliphatic heterocycles. The van der Waals surface area contributed by atoms with Gasteiger partial charge in [-0.25, -0.2) is 13.1 Å². The third-order valence-electron chi connectivity index (χ3n) is 2.54. The van der Waals surface area contributed by atoms with E-state index in [1.54, 1.807) is 13.8 Å². The van der Waals surface area contributed by atoms with Gasteiger partial charge in [0.25, 0.3) is 0 Å². The highest BCUT2D eigenvalue weighted by atomic mass is 32.2.